The van der Waals surface area contributed by atoms with Crippen LogP contribution in [0.15, 0.2) is 64.4 Å². The van der Waals surface area contributed by atoms with E-state index in [2.05, 4.69) is 11.1 Å². The summed E-state index contributed by atoms with van der Waals surface area (Å²) in [6.07, 6.45) is 0.212. The van der Waals surface area contributed by atoms with Gasteiger partial charge in [-0.1, -0.05) is 36.4 Å². The average Bonchev–Trinajstić information content (AvgIpc) is 3.31. The predicted octanol–water partition coefficient (Wildman–Crippen LogP) is 5.07. The molecule has 0 aliphatic rings. The Morgan fingerprint density at radius 3 is 2.69 bits per heavy atom. The van der Waals surface area contributed by atoms with Crippen LogP contribution in [-0.2, 0) is 11.2 Å². The number of amides is 1. The lowest BCUT2D eigenvalue weighted by Crippen LogP contribution is -2.28. The molecule has 130 valence electrons. The number of carbonyl (C=O) groups is 1. The summed E-state index contributed by atoms with van der Waals surface area (Å²) < 4.78 is 5.73. The van der Waals surface area contributed by atoms with E-state index in [9.17, 15) is 4.79 Å². The van der Waals surface area contributed by atoms with Crippen LogP contribution in [0.1, 0.15) is 11.5 Å². The summed E-state index contributed by atoms with van der Waals surface area (Å²) in [5.41, 5.74) is 1.55. The van der Waals surface area contributed by atoms with Gasteiger partial charge in [-0.3, -0.25) is 4.79 Å². The van der Waals surface area contributed by atoms with Crippen LogP contribution >= 0.6 is 11.3 Å². The van der Waals surface area contributed by atoms with E-state index >= 15 is 0 Å². The molecule has 0 radical (unpaired) electrons. The molecule has 1 amide bonds. The second-order valence-electron chi connectivity index (χ2n) is 6.16. The van der Waals surface area contributed by atoms with Gasteiger partial charge in [-0.15, -0.1) is 11.3 Å². The molecule has 0 fully saturated rings. The fourth-order valence-corrected chi connectivity index (χ4v) is 3.54. The Labute approximate surface area is 155 Å². The number of oxazole rings is 1. The zero-order valence-corrected chi connectivity index (χ0v) is 15.4. The summed E-state index contributed by atoms with van der Waals surface area (Å²) in [6, 6.07) is 18.1. The molecule has 4 nitrogen and oxygen atoms in total. The number of nitrogens with zero attached hydrogens (tertiary/aromatic N) is 2. The first-order chi connectivity index (χ1) is 12.6. The van der Waals surface area contributed by atoms with Crippen molar-refractivity contribution < 1.29 is 9.21 Å². The van der Waals surface area contributed by atoms with Crippen molar-refractivity contribution in [1.82, 2.24) is 4.98 Å². The van der Waals surface area contributed by atoms with Gasteiger partial charge in [-0.25, -0.2) is 4.98 Å². The molecule has 5 heteroatoms. The maximum absolute atomic E-state index is 12.7. The fraction of sp³-hybridized carbons (Fsp3) is 0.143. The largest absolute Gasteiger partial charge is 0.440 e. The van der Waals surface area contributed by atoms with Gasteiger partial charge in [0.05, 0.1) is 17.0 Å². The summed E-state index contributed by atoms with van der Waals surface area (Å²) in [4.78, 5) is 19.9. The van der Waals surface area contributed by atoms with Gasteiger partial charge in [0, 0.05) is 12.7 Å². The molecule has 2 aromatic carbocycles. The Kier molecular flexibility index (Phi) is 4.31. The number of rotatable bonds is 4. The van der Waals surface area contributed by atoms with E-state index in [0.717, 1.165) is 21.3 Å². The van der Waals surface area contributed by atoms with Crippen molar-refractivity contribution in [2.24, 2.45) is 0 Å². The smallest absolute Gasteiger partial charge is 0.236 e. The minimum absolute atomic E-state index is 0.0191. The number of hydrogen-bond donors (Lipinski definition) is 0. The highest BCUT2D eigenvalue weighted by molar-refractivity contribution is 7.13. The van der Waals surface area contributed by atoms with E-state index < -0.39 is 0 Å². The number of aromatic nitrogens is 1. The van der Waals surface area contributed by atoms with Gasteiger partial charge in [0.1, 0.15) is 5.76 Å². The lowest BCUT2D eigenvalue weighted by atomic mass is 10.1. The van der Waals surface area contributed by atoms with Gasteiger partial charge in [0.25, 0.3) is 0 Å². The molecule has 0 atom stereocenters. The molecule has 4 aromatic rings. The minimum atomic E-state index is -0.0191. The Morgan fingerprint density at radius 2 is 1.92 bits per heavy atom. The first-order valence-corrected chi connectivity index (χ1v) is 9.25. The molecule has 2 aromatic heterocycles. The number of thiophene rings is 1. The molecule has 0 saturated heterocycles. The number of aryl methyl sites for hydroxylation is 1. The van der Waals surface area contributed by atoms with Crippen LogP contribution < -0.4 is 4.90 Å². The molecule has 0 unspecified atom stereocenters. The molecular formula is C21H18N2O2S. The monoisotopic (exact) mass is 362 g/mol. The van der Waals surface area contributed by atoms with Crippen molar-refractivity contribution >= 4 is 33.7 Å². The summed E-state index contributed by atoms with van der Waals surface area (Å²) in [5, 5.41) is 4.25. The van der Waals surface area contributed by atoms with E-state index in [1.54, 1.807) is 23.3 Å². The molecule has 2 heterocycles. The standard InChI is InChI=1S/C21H18N2O2S/c1-14-18(22-21(25-14)19-8-5-11-26-19)13-20(24)23(2)17-10-9-15-6-3-4-7-16(15)12-17/h3-12H,13H2,1-2H3. The Hall–Kier alpha value is -2.92. The van der Waals surface area contributed by atoms with Crippen LogP contribution in [0.4, 0.5) is 5.69 Å². The van der Waals surface area contributed by atoms with Crippen molar-refractivity contribution in [3.8, 4) is 10.8 Å². The normalized spacial score (nSPS) is 11.0. The van der Waals surface area contributed by atoms with Crippen LogP contribution in [-0.4, -0.2) is 17.9 Å². The van der Waals surface area contributed by atoms with Gasteiger partial charge in [-0.2, -0.15) is 0 Å². The molecule has 0 aliphatic heterocycles. The quantitative estimate of drug-likeness (QED) is 0.509. The molecule has 4 rings (SSSR count). The molecule has 0 bridgehead atoms. The third-order valence-corrected chi connectivity index (χ3v) is 5.30. The minimum Gasteiger partial charge on any atom is -0.440 e. The van der Waals surface area contributed by atoms with Crippen molar-refractivity contribution in [3.63, 3.8) is 0 Å². The van der Waals surface area contributed by atoms with E-state index in [-0.39, 0.29) is 12.3 Å². The third kappa shape index (κ3) is 3.13. The van der Waals surface area contributed by atoms with Crippen LogP contribution in [0.5, 0.6) is 0 Å². The van der Waals surface area contributed by atoms with Crippen LogP contribution in [0.2, 0.25) is 0 Å². The first-order valence-electron chi connectivity index (χ1n) is 8.37. The molecule has 0 N–H and O–H groups in total. The number of hydrogen-bond acceptors (Lipinski definition) is 4. The lowest BCUT2D eigenvalue weighted by molar-refractivity contribution is -0.117. The third-order valence-electron chi connectivity index (χ3n) is 4.44. The van der Waals surface area contributed by atoms with E-state index in [0.29, 0.717) is 17.3 Å². The summed E-state index contributed by atoms with van der Waals surface area (Å²) in [7, 11) is 1.79. The van der Waals surface area contributed by atoms with Crippen LogP contribution in [0.3, 0.4) is 0 Å². The summed E-state index contributed by atoms with van der Waals surface area (Å²) in [5.74, 6) is 1.25. The van der Waals surface area contributed by atoms with Crippen LogP contribution in [0, 0.1) is 6.92 Å². The molecule has 0 aliphatic carbocycles. The number of anilines is 1. The Bertz CT molecular complexity index is 1070. The maximum atomic E-state index is 12.7. The lowest BCUT2D eigenvalue weighted by Gasteiger charge is -2.17. The Morgan fingerprint density at radius 1 is 1.12 bits per heavy atom. The van der Waals surface area contributed by atoms with Gasteiger partial charge >= 0.3 is 0 Å². The number of likely N-dealkylation sites (N-methyl/N-ethyl adjacent to an activating group) is 1. The van der Waals surface area contributed by atoms with Crippen molar-refractivity contribution in [2.75, 3.05) is 11.9 Å². The van der Waals surface area contributed by atoms with Crippen molar-refractivity contribution in [2.45, 2.75) is 13.3 Å². The zero-order valence-electron chi connectivity index (χ0n) is 14.6. The average molecular weight is 362 g/mol. The second kappa shape index (κ2) is 6.77. The first kappa shape index (κ1) is 16.5. The maximum Gasteiger partial charge on any atom is 0.236 e. The highest BCUT2D eigenvalue weighted by Crippen LogP contribution is 2.27. The van der Waals surface area contributed by atoms with Gasteiger partial charge < -0.3 is 9.32 Å². The molecule has 26 heavy (non-hydrogen) atoms. The van der Waals surface area contributed by atoms with E-state index in [1.807, 2.05) is 60.8 Å². The molecular weight excluding hydrogens is 344 g/mol. The Balaban J connectivity index is 1.55. The van der Waals surface area contributed by atoms with Crippen LogP contribution in [0.25, 0.3) is 21.5 Å². The molecule has 0 spiro atoms. The highest BCUT2D eigenvalue weighted by Gasteiger charge is 2.18. The number of carbonyl (C=O) groups excluding carboxylic acids is 1. The molecule has 0 saturated carbocycles. The number of benzene rings is 2. The second-order valence-corrected chi connectivity index (χ2v) is 7.11. The summed E-state index contributed by atoms with van der Waals surface area (Å²) >= 11 is 1.57. The van der Waals surface area contributed by atoms with E-state index in [1.165, 1.54) is 0 Å². The zero-order chi connectivity index (χ0) is 18.1. The fourth-order valence-electron chi connectivity index (χ4n) is 2.89. The highest BCUT2D eigenvalue weighted by atomic mass is 32.1. The predicted molar refractivity (Wildman–Crippen MR) is 106 cm³/mol. The topological polar surface area (TPSA) is 46.3 Å². The van der Waals surface area contributed by atoms with Crippen molar-refractivity contribution in [1.29, 1.82) is 0 Å². The van der Waals surface area contributed by atoms with E-state index in [4.69, 9.17) is 4.42 Å². The summed E-state index contributed by atoms with van der Waals surface area (Å²) in [6.45, 7) is 1.85. The number of fused-ring (bicyclic) bond motifs is 1. The van der Waals surface area contributed by atoms with Gasteiger partial charge in [0.15, 0.2) is 0 Å². The van der Waals surface area contributed by atoms with Gasteiger partial charge in [0.2, 0.25) is 11.8 Å². The van der Waals surface area contributed by atoms with Gasteiger partial charge in [-0.05, 0) is 41.3 Å². The van der Waals surface area contributed by atoms with Crippen molar-refractivity contribution in [3.05, 3.63) is 71.4 Å². The SMILES string of the molecule is Cc1oc(-c2cccs2)nc1CC(=O)N(C)c1ccc2ccccc2c1.